The highest BCUT2D eigenvalue weighted by Gasteiger charge is 2.47. The number of imide groups is 1. The average molecular weight is 411 g/mol. The summed E-state index contributed by atoms with van der Waals surface area (Å²) in [5.41, 5.74) is -0.618. The third-order valence-electron chi connectivity index (χ3n) is 4.15. The number of hydrogen-bond donors (Lipinski definition) is 1. The molecule has 0 saturated carbocycles. The van der Waals surface area contributed by atoms with Crippen molar-refractivity contribution in [1.29, 1.82) is 0 Å². The summed E-state index contributed by atoms with van der Waals surface area (Å²) in [4.78, 5) is 49.2. The van der Waals surface area contributed by atoms with Gasteiger partial charge in [0.2, 0.25) is 5.78 Å². The lowest BCUT2D eigenvalue weighted by Crippen LogP contribution is -2.43. The number of nitrogens with zero attached hydrogens (tertiary/aromatic N) is 1. The van der Waals surface area contributed by atoms with E-state index in [4.69, 9.17) is 4.74 Å². The highest BCUT2D eigenvalue weighted by atomic mass is 79.9. The van der Waals surface area contributed by atoms with Gasteiger partial charge >= 0.3 is 12.0 Å². The van der Waals surface area contributed by atoms with Crippen LogP contribution in [0.4, 0.5) is 4.79 Å². The zero-order chi connectivity index (χ0) is 18.8. The van der Waals surface area contributed by atoms with E-state index < -0.39 is 36.1 Å². The van der Waals surface area contributed by atoms with Gasteiger partial charge in [0.1, 0.15) is 12.1 Å². The van der Waals surface area contributed by atoms with Crippen LogP contribution in [0.5, 0.6) is 0 Å². The van der Waals surface area contributed by atoms with Crippen molar-refractivity contribution < 1.29 is 23.9 Å². The van der Waals surface area contributed by atoms with Gasteiger partial charge in [-0.25, -0.2) is 4.79 Å². The van der Waals surface area contributed by atoms with Crippen LogP contribution in [0.3, 0.4) is 0 Å². The van der Waals surface area contributed by atoms with Crippen molar-refractivity contribution >= 4 is 39.6 Å². The van der Waals surface area contributed by atoms with Gasteiger partial charge < -0.3 is 10.1 Å². The van der Waals surface area contributed by atoms with Crippen molar-refractivity contribution in [2.24, 2.45) is 0 Å². The maximum atomic E-state index is 12.3. The van der Waals surface area contributed by atoms with Crippen molar-refractivity contribution in [3.8, 4) is 0 Å². The van der Waals surface area contributed by atoms with E-state index in [1.807, 2.05) is 0 Å². The molecule has 2 rings (SSSR count). The summed E-state index contributed by atoms with van der Waals surface area (Å²) in [6.07, 6.45) is -0.617. The lowest BCUT2D eigenvalue weighted by atomic mass is 9.99. The molecule has 134 valence electrons. The molecule has 25 heavy (non-hydrogen) atoms. The van der Waals surface area contributed by atoms with E-state index in [0.717, 1.165) is 9.37 Å². The van der Waals surface area contributed by atoms with Gasteiger partial charge in [-0.05, 0) is 32.4 Å². The average Bonchev–Trinajstić information content (AvgIpc) is 2.78. The number of carbonyl (C=O) groups excluding carboxylic acids is 4. The lowest BCUT2D eigenvalue weighted by molar-refractivity contribution is -0.149. The van der Waals surface area contributed by atoms with E-state index in [2.05, 4.69) is 21.2 Å². The molecule has 2 atom stereocenters. The third kappa shape index (κ3) is 4.07. The maximum Gasteiger partial charge on any atom is 0.326 e. The normalized spacial score (nSPS) is 21.0. The summed E-state index contributed by atoms with van der Waals surface area (Å²) < 4.78 is 5.91. The van der Waals surface area contributed by atoms with E-state index in [1.54, 1.807) is 38.1 Å². The predicted molar refractivity (Wildman–Crippen MR) is 93.0 cm³/mol. The highest BCUT2D eigenvalue weighted by Crippen LogP contribution is 2.20. The molecular formula is C17H19BrN2O5. The molecular weight excluding hydrogens is 392 g/mol. The minimum atomic E-state index is -1.02. The minimum Gasteiger partial charge on any atom is -0.453 e. The number of rotatable bonds is 6. The van der Waals surface area contributed by atoms with Crippen LogP contribution in [0.15, 0.2) is 28.7 Å². The molecule has 1 aromatic rings. The number of carbonyl (C=O) groups is 4. The fourth-order valence-electron chi connectivity index (χ4n) is 2.40. The zero-order valence-electron chi connectivity index (χ0n) is 14.2. The molecule has 1 N–H and O–H groups in total. The van der Waals surface area contributed by atoms with Crippen LogP contribution in [0, 0.1) is 0 Å². The Balaban J connectivity index is 1.98. The van der Waals surface area contributed by atoms with E-state index in [0.29, 0.717) is 12.0 Å². The van der Waals surface area contributed by atoms with E-state index in [1.165, 1.54) is 6.92 Å². The minimum absolute atomic E-state index is 0.364. The van der Waals surface area contributed by atoms with Gasteiger partial charge in [0.15, 0.2) is 6.10 Å². The summed E-state index contributed by atoms with van der Waals surface area (Å²) in [6, 6.07) is 6.00. The van der Waals surface area contributed by atoms with E-state index in [-0.39, 0.29) is 5.78 Å². The fourth-order valence-corrected chi connectivity index (χ4v) is 2.66. The summed E-state index contributed by atoms with van der Waals surface area (Å²) in [5.74, 6) is -1.66. The predicted octanol–water partition coefficient (Wildman–Crippen LogP) is 2.28. The van der Waals surface area contributed by atoms with E-state index >= 15 is 0 Å². The monoisotopic (exact) mass is 410 g/mol. The largest absolute Gasteiger partial charge is 0.453 e. The van der Waals surface area contributed by atoms with Crippen molar-refractivity contribution in [3.63, 3.8) is 0 Å². The molecule has 0 unspecified atom stereocenters. The van der Waals surface area contributed by atoms with Crippen molar-refractivity contribution in [2.75, 3.05) is 6.54 Å². The van der Waals surface area contributed by atoms with E-state index in [9.17, 15) is 19.2 Å². The first-order valence-corrected chi connectivity index (χ1v) is 8.60. The molecule has 0 bridgehead atoms. The molecule has 1 fully saturated rings. The first kappa shape index (κ1) is 19.1. The second-order valence-corrected chi connectivity index (χ2v) is 6.93. The molecule has 1 aliphatic rings. The summed E-state index contributed by atoms with van der Waals surface area (Å²) >= 11 is 3.28. The molecule has 0 aromatic heterocycles. The van der Waals surface area contributed by atoms with Crippen molar-refractivity contribution in [2.45, 2.75) is 38.8 Å². The first-order chi connectivity index (χ1) is 11.7. The Kier molecular flexibility index (Phi) is 5.62. The molecule has 0 spiro atoms. The molecule has 3 amide bonds. The van der Waals surface area contributed by atoms with Crippen LogP contribution >= 0.6 is 15.9 Å². The number of urea groups is 1. The van der Waals surface area contributed by atoms with Gasteiger partial charge in [0.25, 0.3) is 5.91 Å². The number of hydrogen-bond acceptors (Lipinski definition) is 5. The Morgan fingerprint density at radius 3 is 2.40 bits per heavy atom. The number of Topliss-reactive ketones (excluding diaryl/α,β-unsaturated/α-hetero) is 1. The maximum absolute atomic E-state index is 12.3. The number of halogens is 1. The molecule has 0 radical (unpaired) electrons. The Bertz CT molecular complexity index is 718. The smallest absolute Gasteiger partial charge is 0.326 e. The standard InChI is InChI=1S/C17H19BrN2O5/c1-4-17(3)15(23)20(16(24)19-17)9-13(21)25-10(2)14(22)11-5-7-12(18)8-6-11/h5-8,10H,4,9H2,1-3H3,(H,19,24)/t10-,17+/m0/s1. The van der Waals surface area contributed by atoms with Crippen LogP contribution < -0.4 is 5.32 Å². The Morgan fingerprint density at radius 2 is 1.88 bits per heavy atom. The third-order valence-corrected chi connectivity index (χ3v) is 4.67. The number of amides is 3. The Labute approximate surface area is 153 Å². The Morgan fingerprint density at radius 1 is 1.28 bits per heavy atom. The molecule has 1 aliphatic heterocycles. The number of ketones is 1. The molecule has 1 saturated heterocycles. The SMILES string of the molecule is CC[C@@]1(C)NC(=O)N(CC(=O)O[C@@H](C)C(=O)c2ccc(Br)cc2)C1=O. The van der Waals surface area contributed by atoms with Crippen LogP contribution in [-0.2, 0) is 14.3 Å². The lowest BCUT2D eigenvalue weighted by Gasteiger charge is -2.19. The van der Waals surface area contributed by atoms with Gasteiger partial charge in [-0.15, -0.1) is 0 Å². The van der Waals surface area contributed by atoms with Crippen molar-refractivity contribution in [3.05, 3.63) is 34.3 Å². The first-order valence-electron chi connectivity index (χ1n) is 7.81. The highest BCUT2D eigenvalue weighted by molar-refractivity contribution is 9.10. The molecule has 8 heteroatoms. The van der Waals surface area contributed by atoms with Crippen LogP contribution in [0.25, 0.3) is 0 Å². The van der Waals surface area contributed by atoms with Gasteiger partial charge in [-0.1, -0.05) is 35.0 Å². The van der Waals surface area contributed by atoms with Gasteiger partial charge in [-0.3, -0.25) is 19.3 Å². The molecule has 0 aliphatic carbocycles. The van der Waals surface area contributed by atoms with Gasteiger partial charge in [0.05, 0.1) is 0 Å². The summed E-state index contributed by atoms with van der Waals surface area (Å²) in [5, 5.41) is 2.55. The molecule has 7 nitrogen and oxygen atoms in total. The quantitative estimate of drug-likeness (QED) is 0.441. The molecule has 1 aromatic carbocycles. The summed E-state index contributed by atoms with van der Waals surface area (Å²) in [6.45, 7) is 4.28. The summed E-state index contributed by atoms with van der Waals surface area (Å²) in [7, 11) is 0. The number of benzene rings is 1. The van der Waals surface area contributed by atoms with Crippen LogP contribution in [0.1, 0.15) is 37.6 Å². The zero-order valence-corrected chi connectivity index (χ0v) is 15.8. The second kappa shape index (κ2) is 7.35. The van der Waals surface area contributed by atoms with Gasteiger partial charge in [-0.2, -0.15) is 0 Å². The van der Waals surface area contributed by atoms with Gasteiger partial charge in [0, 0.05) is 10.0 Å². The molecule has 1 heterocycles. The number of nitrogens with one attached hydrogen (secondary N) is 1. The number of ether oxygens (including phenoxy) is 1. The topological polar surface area (TPSA) is 92.8 Å². The van der Waals surface area contributed by atoms with Crippen LogP contribution in [0.2, 0.25) is 0 Å². The fraction of sp³-hybridized carbons (Fsp3) is 0.412. The van der Waals surface area contributed by atoms with Crippen molar-refractivity contribution in [1.82, 2.24) is 10.2 Å². The van der Waals surface area contributed by atoms with Crippen LogP contribution in [-0.4, -0.2) is 46.8 Å². The Hall–Kier alpha value is -2.22. The number of esters is 1. The second-order valence-electron chi connectivity index (χ2n) is 6.01.